The zero-order chi connectivity index (χ0) is 18.8. The van der Waals surface area contributed by atoms with Gasteiger partial charge in [-0.2, -0.15) is 0 Å². The highest BCUT2D eigenvalue weighted by Crippen LogP contribution is 2.17. The van der Waals surface area contributed by atoms with Crippen molar-refractivity contribution in [2.45, 2.75) is 40.3 Å². The van der Waals surface area contributed by atoms with Gasteiger partial charge in [-0.05, 0) is 56.5 Å². The maximum Gasteiger partial charge on any atom is 0.272 e. The van der Waals surface area contributed by atoms with Crippen molar-refractivity contribution in [1.82, 2.24) is 14.9 Å². The smallest absolute Gasteiger partial charge is 0.272 e. The standard InChI is InChI=1S/C21H23N3O2/c1-13-10-18-19(11-14(13)2)24(21(26)16(4)22-18)12-20(25)23-15(3)17-8-6-5-7-9-17/h5-11,15H,12H2,1-4H3,(H,23,25)/t15-/m0/s1. The normalized spacial score (nSPS) is 12.2. The van der Waals surface area contributed by atoms with Gasteiger partial charge in [-0.1, -0.05) is 30.3 Å². The number of hydrogen-bond acceptors (Lipinski definition) is 3. The minimum atomic E-state index is -0.233. The highest BCUT2D eigenvalue weighted by molar-refractivity contribution is 5.81. The summed E-state index contributed by atoms with van der Waals surface area (Å²) in [6, 6.07) is 13.5. The Morgan fingerprint density at radius 1 is 1.12 bits per heavy atom. The third kappa shape index (κ3) is 3.52. The Labute approximate surface area is 152 Å². The highest BCUT2D eigenvalue weighted by Gasteiger charge is 2.15. The predicted octanol–water partition coefficient (Wildman–Crippen LogP) is 3.20. The minimum Gasteiger partial charge on any atom is -0.348 e. The average Bonchev–Trinajstić information content (AvgIpc) is 2.61. The van der Waals surface area contributed by atoms with Gasteiger partial charge in [-0.3, -0.25) is 14.2 Å². The third-order valence-corrected chi connectivity index (χ3v) is 4.70. The summed E-state index contributed by atoms with van der Waals surface area (Å²) in [7, 11) is 0. The summed E-state index contributed by atoms with van der Waals surface area (Å²) in [6.07, 6.45) is 0. The predicted molar refractivity (Wildman–Crippen MR) is 103 cm³/mol. The molecule has 134 valence electrons. The lowest BCUT2D eigenvalue weighted by Gasteiger charge is -2.16. The Balaban J connectivity index is 1.93. The Bertz CT molecular complexity index is 1020. The van der Waals surface area contributed by atoms with E-state index in [1.165, 1.54) is 4.57 Å². The second-order valence-electron chi connectivity index (χ2n) is 6.71. The number of amides is 1. The number of aromatic nitrogens is 2. The second-order valence-corrected chi connectivity index (χ2v) is 6.71. The number of benzene rings is 2. The van der Waals surface area contributed by atoms with Crippen LogP contribution in [0.3, 0.4) is 0 Å². The topological polar surface area (TPSA) is 64.0 Å². The second kappa shape index (κ2) is 7.12. The van der Waals surface area contributed by atoms with Crippen LogP contribution in [-0.2, 0) is 11.3 Å². The molecule has 0 radical (unpaired) electrons. The molecule has 3 aromatic rings. The third-order valence-electron chi connectivity index (χ3n) is 4.70. The number of fused-ring (bicyclic) bond motifs is 1. The number of carbonyl (C=O) groups excluding carboxylic acids is 1. The van der Waals surface area contributed by atoms with E-state index >= 15 is 0 Å². The highest BCUT2D eigenvalue weighted by atomic mass is 16.2. The maximum atomic E-state index is 12.6. The SMILES string of the molecule is Cc1cc2nc(C)c(=O)n(CC(=O)N[C@@H](C)c3ccccc3)c2cc1C. The van der Waals surface area contributed by atoms with Crippen molar-refractivity contribution >= 4 is 16.9 Å². The summed E-state index contributed by atoms with van der Waals surface area (Å²) in [5.74, 6) is -0.200. The van der Waals surface area contributed by atoms with Crippen molar-refractivity contribution < 1.29 is 4.79 Å². The molecule has 1 N–H and O–H groups in total. The molecule has 0 aliphatic carbocycles. The van der Waals surface area contributed by atoms with Gasteiger partial charge in [0.25, 0.3) is 5.56 Å². The van der Waals surface area contributed by atoms with Crippen molar-refractivity contribution in [2.24, 2.45) is 0 Å². The number of aryl methyl sites for hydroxylation is 3. The lowest BCUT2D eigenvalue weighted by molar-refractivity contribution is -0.122. The number of hydrogen-bond donors (Lipinski definition) is 1. The molecule has 0 aliphatic rings. The summed E-state index contributed by atoms with van der Waals surface area (Å²) in [5.41, 5.74) is 4.77. The fourth-order valence-electron chi connectivity index (χ4n) is 3.04. The number of rotatable bonds is 4. The molecule has 0 unspecified atom stereocenters. The van der Waals surface area contributed by atoms with E-state index in [4.69, 9.17) is 0 Å². The van der Waals surface area contributed by atoms with E-state index in [9.17, 15) is 9.59 Å². The Morgan fingerprint density at radius 3 is 2.46 bits per heavy atom. The first-order chi connectivity index (χ1) is 12.4. The molecular weight excluding hydrogens is 326 g/mol. The zero-order valence-corrected chi connectivity index (χ0v) is 15.5. The van der Waals surface area contributed by atoms with E-state index in [0.29, 0.717) is 11.2 Å². The van der Waals surface area contributed by atoms with Gasteiger partial charge in [0.05, 0.1) is 17.1 Å². The molecule has 1 amide bonds. The Hall–Kier alpha value is -2.95. The average molecular weight is 349 g/mol. The first-order valence-corrected chi connectivity index (χ1v) is 8.69. The number of nitrogens with zero attached hydrogens (tertiary/aromatic N) is 2. The van der Waals surface area contributed by atoms with Crippen LogP contribution in [0.2, 0.25) is 0 Å². The molecule has 0 fully saturated rings. The fourth-order valence-corrected chi connectivity index (χ4v) is 3.04. The van der Waals surface area contributed by atoms with Crippen LogP contribution in [0.15, 0.2) is 47.3 Å². The van der Waals surface area contributed by atoms with Gasteiger partial charge in [0.1, 0.15) is 12.2 Å². The zero-order valence-electron chi connectivity index (χ0n) is 15.5. The van der Waals surface area contributed by atoms with E-state index in [0.717, 1.165) is 22.2 Å². The molecule has 1 heterocycles. The lowest BCUT2D eigenvalue weighted by Crippen LogP contribution is -2.35. The molecule has 0 bridgehead atoms. The van der Waals surface area contributed by atoms with E-state index < -0.39 is 0 Å². The van der Waals surface area contributed by atoms with E-state index in [-0.39, 0.29) is 24.1 Å². The van der Waals surface area contributed by atoms with Crippen LogP contribution in [0.5, 0.6) is 0 Å². The van der Waals surface area contributed by atoms with Gasteiger partial charge in [-0.15, -0.1) is 0 Å². The van der Waals surface area contributed by atoms with E-state index in [1.54, 1.807) is 6.92 Å². The van der Waals surface area contributed by atoms with Crippen LogP contribution < -0.4 is 10.9 Å². The van der Waals surface area contributed by atoms with E-state index in [1.807, 2.05) is 63.2 Å². The van der Waals surface area contributed by atoms with Crippen LogP contribution >= 0.6 is 0 Å². The monoisotopic (exact) mass is 349 g/mol. The summed E-state index contributed by atoms with van der Waals surface area (Å²) >= 11 is 0. The summed E-state index contributed by atoms with van der Waals surface area (Å²) in [4.78, 5) is 29.5. The van der Waals surface area contributed by atoms with Gasteiger partial charge in [0, 0.05) is 0 Å². The summed E-state index contributed by atoms with van der Waals surface area (Å²) in [5, 5.41) is 2.96. The molecule has 5 nitrogen and oxygen atoms in total. The molecule has 0 saturated heterocycles. The molecular formula is C21H23N3O2. The van der Waals surface area contributed by atoms with Crippen LogP contribution in [0.1, 0.15) is 35.3 Å². The quantitative estimate of drug-likeness (QED) is 0.787. The first kappa shape index (κ1) is 17.9. The molecule has 2 aromatic carbocycles. The van der Waals surface area contributed by atoms with E-state index in [2.05, 4.69) is 10.3 Å². The lowest BCUT2D eigenvalue weighted by atomic mass is 10.1. The largest absolute Gasteiger partial charge is 0.348 e. The Kier molecular flexibility index (Phi) is 4.89. The molecule has 1 aromatic heterocycles. The maximum absolute atomic E-state index is 12.6. The number of nitrogens with one attached hydrogen (secondary N) is 1. The van der Waals surface area contributed by atoms with Crippen LogP contribution in [0, 0.1) is 20.8 Å². The van der Waals surface area contributed by atoms with Gasteiger partial charge < -0.3 is 5.32 Å². The van der Waals surface area contributed by atoms with Crippen molar-refractivity contribution in [2.75, 3.05) is 0 Å². The van der Waals surface area contributed by atoms with Crippen molar-refractivity contribution in [3.8, 4) is 0 Å². The van der Waals surface area contributed by atoms with Crippen molar-refractivity contribution in [3.05, 3.63) is 75.2 Å². The van der Waals surface area contributed by atoms with Crippen molar-refractivity contribution in [1.29, 1.82) is 0 Å². The van der Waals surface area contributed by atoms with Crippen LogP contribution in [-0.4, -0.2) is 15.5 Å². The van der Waals surface area contributed by atoms with Gasteiger partial charge in [-0.25, -0.2) is 4.98 Å². The van der Waals surface area contributed by atoms with Gasteiger partial charge in [0.2, 0.25) is 5.91 Å². The first-order valence-electron chi connectivity index (χ1n) is 8.69. The molecule has 0 saturated carbocycles. The van der Waals surface area contributed by atoms with Crippen LogP contribution in [0.4, 0.5) is 0 Å². The molecule has 1 atom stereocenters. The van der Waals surface area contributed by atoms with Crippen LogP contribution in [0.25, 0.3) is 11.0 Å². The Morgan fingerprint density at radius 2 is 1.77 bits per heavy atom. The van der Waals surface area contributed by atoms with Gasteiger partial charge in [0.15, 0.2) is 0 Å². The number of carbonyl (C=O) groups is 1. The minimum absolute atomic E-state index is 0.0294. The molecule has 5 heteroatoms. The summed E-state index contributed by atoms with van der Waals surface area (Å²) < 4.78 is 1.51. The van der Waals surface area contributed by atoms with Crippen molar-refractivity contribution in [3.63, 3.8) is 0 Å². The molecule has 0 spiro atoms. The fraction of sp³-hybridized carbons (Fsp3) is 0.286. The molecule has 0 aliphatic heterocycles. The molecule has 3 rings (SSSR count). The van der Waals surface area contributed by atoms with Gasteiger partial charge >= 0.3 is 0 Å². The molecule has 26 heavy (non-hydrogen) atoms. The summed E-state index contributed by atoms with van der Waals surface area (Å²) in [6.45, 7) is 7.58.